The third-order valence-electron chi connectivity index (χ3n) is 7.86. The summed E-state index contributed by atoms with van der Waals surface area (Å²) >= 11 is 0. The van der Waals surface area contributed by atoms with Crippen molar-refractivity contribution in [1.29, 1.82) is 0 Å². The first-order valence-corrected chi connectivity index (χ1v) is 15.6. The molecule has 0 amide bonds. The molecule has 3 aromatic carbocycles. The monoisotopic (exact) mass is 712 g/mol. The predicted octanol–water partition coefficient (Wildman–Crippen LogP) is 5.54. The van der Waals surface area contributed by atoms with E-state index < -0.39 is 41.0 Å². The molecule has 0 spiro atoms. The van der Waals surface area contributed by atoms with E-state index in [0.29, 0.717) is 60.9 Å². The van der Waals surface area contributed by atoms with E-state index in [9.17, 15) is 18.7 Å². The van der Waals surface area contributed by atoms with Crippen LogP contribution in [0.25, 0.3) is 0 Å². The summed E-state index contributed by atoms with van der Waals surface area (Å²) in [6, 6.07) is 19.1. The van der Waals surface area contributed by atoms with Gasteiger partial charge in [0.15, 0.2) is 5.60 Å². The number of carbonyl (C=O) groups is 1. The van der Waals surface area contributed by atoms with Gasteiger partial charge in [-0.3, -0.25) is 24.2 Å². The number of aliphatic imine (C=N–C) groups is 1. The average molecular weight is 713 g/mol. The van der Waals surface area contributed by atoms with Crippen molar-refractivity contribution >= 4 is 12.7 Å². The molecule has 0 aliphatic heterocycles. The lowest BCUT2D eigenvalue weighted by Gasteiger charge is -2.34. The molecule has 1 atom stereocenters. The van der Waals surface area contributed by atoms with E-state index in [4.69, 9.17) is 10.6 Å². The van der Waals surface area contributed by atoms with Crippen LogP contribution in [0.4, 0.5) is 17.6 Å². The minimum absolute atomic E-state index is 0.291. The molecule has 52 heavy (non-hydrogen) atoms. The number of aliphatic hydroxyl groups is 1. The highest BCUT2D eigenvalue weighted by atomic mass is 19.3. The molecule has 2 heterocycles. The smallest absolute Gasteiger partial charge is 0.323 e. The number of nitrogens with two attached hydrogens (primary N) is 1. The lowest BCUT2D eigenvalue weighted by molar-refractivity contribution is -0.193. The average Bonchev–Trinajstić information content (AvgIpc) is 3.59. The van der Waals surface area contributed by atoms with Gasteiger partial charge in [-0.1, -0.05) is 41.3 Å². The first-order valence-electron chi connectivity index (χ1n) is 15.6. The summed E-state index contributed by atoms with van der Waals surface area (Å²) in [5.41, 5.74) is -2.09. The standard InChI is InChI=1S/C37H32F4N8O3/c1-48(21-35-44-16-17-49(35)25-50)20-28-4-6-29(7-5-28)22-52-31-12-8-26(9-13-31)2-3-27-10-15-34(45-19-27)37(40,41)36(51,23-43-24-46-47-42)32-14-11-30(38)18-33(32)39/h4-19,24-25,51H,20-23H2,1H3,(H2,42,43,46). The van der Waals surface area contributed by atoms with Crippen LogP contribution < -0.4 is 10.6 Å². The van der Waals surface area contributed by atoms with Crippen LogP contribution in [0.15, 0.2) is 113 Å². The summed E-state index contributed by atoms with van der Waals surface area (Å²) in [4.78, 5) is 24.7. The summed E-state index contributed by atoms with van der Waals surface area (Å²) in [5, 5.41) is 17.3. The van der Waals surface area contributed by atoms with Crippen LogP contribution in [0.5, 0.6) is 5.75 Å². The molecule has 1 unspecified atom stereocenters. The Morgan fingerprint density at radius 1 is 0.962 bits per heavy atom. The molecule has 11 nitrogen and oxygen atoms in total. The van der Waals surface area contributed by atoms with Crippen LogP contribution in [0, 0.1) is 23.5 Å². The maximum Gasteiger partial charge on any atom is 0.323 e. The highest BCUT2D eigenvalue weighted by Crippen LogP contribution is 2.46. The van der Waals surface area contributed by atoms with Gasteiger partial charge in [0, 0.05) is 47.9 Å². The molecule has 0 saturated heterocycles. The van der Waals surface area contributed by atoms with Crippen molar-refractivity contribution in [2.75, 3.05) is 13.6 Å². The van der Waals surface area contributed by atoms with Crippen LogP contribution in [0.3, 0.4) is 0 Å². The predicted molar refractivity (Wildman–Crippen MR) is 184 cm³/mol. The zero-order valence-corrected chi connectivity index (χ0v) is 27.7. The van der Waals surface area contributed by atoms with Crippen molar-refractivity contribution < 1.29 is 32.2 Å². The van der Waals surface area contributed by atoms with Crippen molar-refractivity contribution in [3.05, 3.63) is 148 Å². The summed E-state index contributed by atoms with van der Waals surface area (Å²) in [5.74, 6) is 5.32. The summed E-state index contributed by atoms with van der Waals surface area (Å²) in [7, 11) is 1.95. The number of halogens is 4. The summed E-state index contributed by atoms with van der Waals surface area (Å²) in [6.07, 6.45) is 5.74. The second-order valence-electron chi connectivity index (χ2n) is 11.6. The van der Waals surface area contributed by atoms with Crippen molar-refractivity contribution in [3.8, 4) is 17.6 Å². The van der Waals surface area contributed by atoms with Gasteiger partial charge in [0.05, 0.1) is 13.1 Å². The van der Waals surface area contributed by atoms with E-state index in [2.05, 4.69) is 42.0 Å². The second kappa shape index (κ2) is 16.6. The highest BCUT2D eigenvalue weighted by molar-refractivity contribution is 5.54. The van der Waals surface area contributed by atoms with Crippen LogP contribution in [0.1, 0.15) is 39.3 Å². The number of nitrogens with zero attached hydrogens (tertiary/aromatic N) is 7. The molecule has 0 saturated carbocycles. The molecular weight excluding hydrogens is 680 g/mol. The number of imidazole rings is 1. The molecule has 5 rings (SSSR count). The number of alkyl halides is 2. The number of hydrogen-bond acceptors (Lipinski definition) is 8. The largest absolute Gasteiger partial charge is 0.489 e. The number of hydrogen-bond donors (Lipinski definition) is 2. The van der Waals surface area contributed by atoms with Gasteiger partial charge in [0.1, 0.15) is 41.8 Å². The van der Waals surface area contributed by atoms with Gasteiger partial charge in [0.2, 0.25) is 6.41 Å². The van der Waals surface area contributed by atoms with Crippen LogP contribution in [0.2, 0.25) is 0 Å². The van der Waals surface area contributed by atoms with Gasteiger partial charge in [-0.25, -0.2) is 13.8 Å². The van der Waals surface area contributed by atoms with Crippen LogP contribution in [-0.4, -0.2) is 50.9 Å². The highest BCUT2D eigenvalue weighted by Gasteiger charge is 2.57. The Bertz CT molecular complexity index is 2090. The minimum Gasteiger partial charge on any atom is -0.489 e. The topological polar surface area (TPSA) is 144 Å². The van der Waals surface area contributed by atoms with E-state index >= 15 is 8.78 Å². The Kier molecular flexibility index (Phi) is 11.9. The number of aromatic nitrogens is 3. The Balaban J connectivity index is 1.19. The Labute approximate surface area is 296 Å². The molecule has 0 aliphatic rings. The van der Waals surface area contributed by atoms with E-state index in [1.54, 1.807) is 36.7 Å². The van der Waals surface area contributed by atoms with Gasteiger partial charge >= 0.3 is 5.92 Å². The quantitative estimate of drug-likeness (QED) is 0.0225. The number of carbonyl (C=O) groups excluding carboxylic acids is 1. The van der Waals surface area contributed by atoms with E-state index in [0.717, 1.165) is 35.9 Å². The molecule has 0 fully saturated rings. The van der Waals surface area contributed by atoms with Gasteiger partial charge in [-0.2, -0.15) is 8.78 Å². The zero-order valence-electron chi connectivity index (χ0n) is 27.7. The van der Waals surface area contributed by atoms with E-state index in [-0.39, 0.29) is 0 Å². The van der Waals surface area contributed by atoms with Gasteiger partial charge in [-0.15, -0.1) is 5.11 Å². The van der Waals surface area contributed by atoms with Gasteiger partial charge in [-0.05, 0) is 66.7 Å². The number of benzene rings is 3. The SMILES string of the molecule is CN(Cc1ccc(COc2ccc(C#Cc3ccc(C(F)(F)C(O)(CN=CN=NN)c4ccc(F)cc4F)nc3)cc2)cc1)Cc1nccn1C=O. The van der Waals surface area contributed by atoms with Gasteiger partial charge < -0.3 is 15.7 Å². The molecule has 0 bridgehead atoms. The Hall–Kier alpha value is -6.24. The Morgan fingerprint density at radius 3 is 2.35 bits per heavy atom. The molecule has 266 valence electrons. The minimum atomic E-state index is -4.20. The molecule has 3 N–H and O–H groups in total. The van der Waals surface area contributed by atoms with E-state index in [1.807, 2.05) is 31.3 Å². The molecule has 2 aromatic heterocycles. The zero-order chi connectivity index (χ0) is 37.1. The van der Waals surface area contributed by atoms with Crippen molar-refractivity contribution in [2.24, 2.45) is 21.2 Å². The fourth-order valence-electron chi connectivity index (χ4n) is 5.14. The fraction of sp³-hybridized carbons (Fsp3) is 0.189. The Morgan fingerprint density at radius 2 is 1.67 bits per heavy atom. The molecular formula is C37H32F4N8O3. The normalized spacial score (nSPS) is 12.9. The summed E-state index contributed by atoms with van der Waals surface area (Å²) < 4.78 is 67.2. The van der Waals surface area contributed by atoms with Crippen LogP contribution in [-0.2, 0) is 36.0 Å². The fourth-order valence-corrected chi connectivity index (χ4v) is 5.14. The van der Waals surface area contributed by atoms with Crippen molar-refractivity contribution in [3.63, 3.8) is 0 Å². The molecule has 0 radical (unpaired) electrons. The molecule has 5 aromatic rings. The van der Waals surface area contributed by atoms with Crippen molar-refractivity contribution in [1.82, 2.24) is 19.4 Å². The van der Waals surface area contributed by atoms with Crippen molar-refractivity contribution in [2.45, 2.75) is 31.2 Å². The van der Waals surface area contributed by atoms with Gasteiger partial charge in [0.25, 0.3) is 0 Å². The third kappa shape index (κ3) is 8.91. The maximum atomic E-state index is 15.8. The van der Waals surface area contributed by atoms with Crippen LogP contribution >= 0.6 is 0 Å². The lowest BCUT2D eigenvalue weighted by Crippen LogP contribution is -2.47. The lowest BCUT2D eigenvalue weighted by atomic mass is 9.84. The molecule has 15 heteroatoms. The first-order chi connectivity index (χ1) is 25.0. The number of pyridine rings is 1. The second-order valence-corrected chi connectivity index (χ2v) is 11.6. The van der Waals surface area contributed by atoms with E-state index in [1.165, 1.54) is 10.6 Å². The number of ether oxygens (including phenoxy) is 1. The third-order valence-corrected chi connectivity index (χ3v) is 7.86. The first kappa shape index (κ1) is 37.0. The summed E-state index contributed by atoms with van der Waals surface area (Å²) in [6.45, 7) is 0.461. The molecule has 0 aliphatic carbocycles. The number of rotatable bonds is 14. The maximum absolute atomic E-state index is 15.8.